The monoisotopic (exact) mass is 480 g/mol. The molecule has 3 aromatic rings. The highest BCUT2D eigenvalue weighted by molar-refractivity contribution is 7.92. The Labute approximate surface area is 200 Å². The molecular weight excluding hydrogens is 452 g/mol. The second kappa shape index (κ2) is 10.2. The Balaban J connectivity index is 1.38. The number of benzene rings is 3. The summed E-state index contributed by atoms with van der Waals surface area (Å²) in [6.07, 6.45) is 1.65. The van der Waals surface area contributed by atoms with E-state index < -0.39 is 10.0 Å². The van der Waals surface area contributed by atoms with Crippen molar-refractivity contribution in [2.75, 3.05) is 24.6 Å². The van der Waals surface area contributed by atoms with Gasteiger partial charge in [-0.25, -0.2) is 8.42 Å². The molecule has 1 atom stereocenters. The van der Waals surface area contributed by atoms with Gasteiger partial charge in [0.25, 0.3) is 15.9 Å². The number of aryl methyl sites for hydroxylation is 1. The predicted molar refractivity (Wildman–Crippen MR) is 131 cm³/mol. The molecule has 0 fully saturated rings. The van der Waals surface area contributed by atoms with E-state index in [1.807, 2.05) is 55.5 Å². The van der Waals surface area contributed by atoms with E-state index in [-0.39, 0.29) is 23.5 Å². The third-order valence-electron chi connectivity index (χ3n) is 5.83. The van der Waals surface area contributed by atoms with Crippen molar-refractivity contribution in [1.82, 2.24) is 5.32 Å². The van der Waals surface area contributed by atoms with Gasteiger partial charge in [-0.2, -0.15) is 0 Å². The summed E-state index contributed by atoms with van der Waals surface area (Å²) in [5.74, 6) is 0.822. The number of nitrogens with one attached hydrogen (secondary N) is 1. The van der Waals surface area contributed by atoms with E-state index in [1.165, 1.54) is 16.4 Å². The van der Waals surface area contributed by atoms with Gasteiger partial charge in [0.2, 0.25) is 0 Å². The molecule has 0 unspecified atom stereocenters. The average Bonchev–Trinajstić information content (AvgIpc) is 2.87. The minimum absolute atomic E-state index is 0.186. The van der Waals surface area contributed by atoms with Crippen molar-refractivity contribution in [1.29, 1.82) is 0 Å². The third kappa shape index (κ3) is 5.02. The Morgan fingerprint density at radius 3 is 2.50 bits per heavy atom. The second-order valence-electron chi connectivity index (χ2n) is 8.10. The highest BCUT2D eigenvalue weighted by Gasteiger charge is 2.28. The lowest BCUT2D eigenvalue weighted by Gasteiger charge is -2.30. The first-order valence-electron chi connectivity index (χ1n) is 11.2. The van der Waals surface area contributed by atoms with Crippen molar-refractivity contribution >= 4 is 21.6 Å². The molecule has 4 rings (SSSR count). The van der Waals surface area contributed by atoms with Gasteiger partial charge in [0.05, 0.1) is 23.7 Å². The maximum atomic E-state index is 13.2. The lowest BCUT2D eigenvalue weighted by Crippen LogP contribution is -2.35. The standard InChI is InChI=1S/C26H28N2O5S/c1-19(23-10-4-6-12-25(23)32-2)27-26(29)18-33-21-13-15-22(16-14-21)34(30,31)28-17-7-9-20-8-3-5-11-24(20)28/h3-6,8,10-16,19H,7,9,17-18H2,1-2H3,(H,27,29)/t19-/m0/s1. The van der Waals surface area contributed by atoms with Crippen LogP contribution in [0.5, 0.6) is 11.5 Å². The zero-order valence-corrected chi connectivity index (χ0v) is 20.0. The van der Waals surface area contributed by atoms with E-state index in [0.29, 0.717) is 18.0 Å². The van der Waals surface area contributed by atoms with E-state index >= 15 is 0 Å². The Morgan fingerprint density at radius 2 is 1.74 bits per heavy atom. The fraction of sp³-hybridized carbons (Fsp3) is 0.269. The molecule has 0 aromatic heterocycles. The first-order valence-corrected chi connectivity index (χ1v) is 12.6. The van der Waals surface area contributed by atoms with Crippen LogP contribution < -0.4 is 19.1 Å². The summed E-state index contributed by atoms with van der Waals surface area (Å²) in [7, 11) is -2.10. The summed E-state index contributed by atoms with van der Waals surface area (Å²) >= 11 is 0. The molecule has 1 N–H and O–H groups in total. The van der Waals surface area contributed by atoms with Crippen LogP contribution in [0.25, 0.3) is 0 Å². The molecule has 3 aromatic carbocycles. The van der Waals surface area contributed by atoms with Gasteiger partial charge >= 0.3 is 0 Å². The molecule has 8 heteroatoms. The van der Waals surface area contributed by atoms with Gasteiger partial charge in [0.15, 0.2) is 6.61 Å². The zero-order valence-electron chi connectivity index (χ0n) is 19.2. The van der Waals surface area contributed by atoms with Crippen LogP contribution >= 0.6 is 0 Å². The van der Waals surface area contributed by atoms with Crippen molar-refractivity contribution in [3.05, 3.63) is 83.9 Å². The van der Waals surface area contributed by atoms with Crippen LogP contribution in [0.1, 0.15) is 30.5 Å². The molecule has 1 aliphatic heterocycles. The van der Waals surface area contributed by atoms with E-state index in [2.05, 4.69) is 5.32 Å². The van der Waals surface area contributed by atoms with Crippen LogP contribution in [0.4, 0.5) is 5.69 Å². The van der Waals surface area contributed by atoms with Gasteiger partial charge in [-0.05, 0) is 61.7 Å². The van der Waals surface area contributed by atoms with Crippen LogP contribution in [0.2, 0.25) is 0 Å². The smallest absolute Gasteiger partial charge is 0.264 e. The van der Waals surface area contributed by atoms with Crippen LogP contribution in [0, 0.1) is 0 Å². The molecule has 1 aliphatic rings. The van der Waals surface area contributed by atoms with Crippen LogP contribution in [-0.4, -0.2) is 34.6 Å². The quantitative estimate of drug-likeness (QED) is 0.525. The molecule has 0 radical (unpaired) electrons. The Hall–Kier alpha value is -3.52. The molecule has 7 nitrogen and oxygen atoms in total. The molecule has 0 bridgehead atoms. The summed E-state index contributed by atoms with van der Waals surface area (Å²) in [4.78, 5) is 12.6. The number of hydrogen-bond donors (Lipinski definition) is 1. The Morgan fingerprint density at radius 1 is 1.03 bits per heavy atom. The molecule has 34 heavy (non-hydrogen) atoms. The number of anilines is 1. The molecule has 0 spiro atoms. The number of fused-ring (bicyclic) bond motifs is 1. The number of carbonyl (C=O) groups is 1. The van der Waals surface area contributed by atoms with E-state index in [0.717, 1.165) is 29.7 Å². The molecule has 0 aliphatic carbocycles. The lowest BCUT2D eigenvalue weighted by molar-refractivity contribution is -0.123. The SMILES string of the molecule is COc1ccccc1[C@H](C)NC(=O)COc1ccc(S(=O)(=O)N2CCCc3ccccc32)cc1. The topological polar surface area (TPSA) is 84.9 Å². The van der Waals surface area contributed by atoms with Crippen molar-refractivity contribution in [3.63, 3.8) is 0 Å². The van der Waals surface area contributed by atoms with Gasteiger partial charge in [-0.3, -0.25) is 9.10 Å². The summed E-state index contributed by atoms with van der Waals surface area (Å²) < 4.78 is 38.9. The zero-order chi connectivity index (χ0) is 24.1. The number of rotatable bonds is 8. The molecule has 1 amide bonds. The fourth-order valence-electron chi connectivity index (χ4n) is 4.12. The van der Waals surface area contributed by atoms with E-state index in [4.69, 9.17) is 9.47 Å². The first kappa shape index (κ1) is 23.6. The van der Waals surface area contributed by atoms with Gasteiger partial charge in [-0.15, -0.1) is 0 Å². The van der Waals surface area contributed by atoms with Gasteiger partial charge in [-0.1, -0.05) is 36.4 Å². The summed E-state index contributed by atoms with van der Waals surface area (Å²) in [5, 5.41) is 2.88. The predicted octanol–water partition coefficient (Wildman–Crippen LogP) is 4.09. The van der Waals surface area contributed by atoms with Crippen molar-refractivity contribution in [2.45, 2.75) is 30.7 Å². The summed E-state index contributed by atoms with van der Waals surface area (Å²) in [5.41, 5.74) is 2.63. The minimum Gasteiger partial charge on any atom is -0.496 e. The summed E-state index contributed by atoms with van der Waals surface area (Å²) in [6, 6.07) is 21.0. The van der Waals surface area contributed by atoms with E-state index in [9.17, 15) is 13.2 Å². The van der Waals surface area contributed by atoms with Crippen LogP contribution in [-0.2, 0) is 21.2 Å². The number of amides is 1. The van der Waals surface area contributed by atoms with E-state index in [1.54, 1.807) is 19.2 Å². The molecule has 1 heterocycles. The third-order valence-corrected chi connectivity index (χ3v) is 7.66. The highest BCUT2D eigenvalue weighted by atomic mass is 32.2. The molecular formula is C26H28N2O5S. The lowest BCUT2D eigenvalue weighted by atomic mass is 10.0. The number of nitrogens with zero attached hydrogens (tertiary/aromatic N) is 1. The minimum atomic E-state index is -3.69. The molecule has 0 saturated heterocycles. The van der Waals surface area contributed by atoms with Crippen molar-refractivity contribution in [2.24, 2.45) is 0 Å². The number of methoxy groups -OCH3 is 1. The highest BCUT2D eigenvalue weighted by Crippen LogP contribution is 2.32. The maximum Gasteiger partial charge on any atom is 0.264 e. The van der Waals surface area contributed by atoms with Crippen LogP contribution in [0.3, 0.4) is 0 Å². The first-order chi connectivity index (χ1) is 16.4. The Bertz CT molecular complexity index is 1260. The normalized spacial score (nSPS) is 14.1. The molecule has 0 saturated carbocycles. The maximum absolute atomic E-state index is 13.2. The van der Waals surface area contributed by atoms with Gasteiger partial charge in [0.1, 0.15) is 11.5 Å². The average molecular weight is 481 g/mol. The van der Waals surface area contributed by atoms with Crippen molar-refractivity contribution < 1.29 is 22.7 Å². The van der Waals surface area contributed by atoms with Gasteiger partial charge in [0, 0.05) is 12.1 Å². The largest absolute Gasteiger partial charge is 0.496 e. The molecule has 178 valence electrons. The number of carbonyl (C=O) groups excluding carboxylic acids is 1. The second-order valence-corrected chi connectivity index (χ2v) is 9.96. The summed E-state index contributed by atoms with van der Waals surface area (Å²) in [6.45, 7) is 2.13. The van der Waals surface area contributed by atoms with Gasteiger partial charge < -0.3 is 14.8 Å². The Kier molecular flexibility index (Phi) is 7.07. The van der Waals surface area contributed by atoms with Crippen molar-refractivity contribution in [3.8, 4) is 11.5 Å². The van der Waals surface area contributed by atoms with Crippen LogP contribution in [0.15, 0.2) is 77.7 Å². The number of sulfonamides is 1. The number of para-hydroxylation sites is 2. The number of ether oxygens (including phenoxy) is 2. The number of hydrogen-bond acceptors (Lipinski definition) is 5. The fourth-order valence-corrected chi connectivity index (χ4v) is 5.66.